The Hall–Kier alpha value is -4.06. The topological polar surface area (TPSA) is 50.6 Å². The summed E-state index contributed by atoms with van der Waals surface area (Å²) in [6.07, 6.45) is 0. The van der Waals surface area contributed by atoms with Crippen LogP contribution in [0.1, 0.15) is 10.5 Å². The van der Waals surface area contributed by atoms with Crippen LogP contribution in [-0.2, 0) is 0 Å². The molecule has 0 radical (unpaired) electrons. The van der Waals surface area contributed by atoms with Gasteiger partial charge in [0, 0.05) is 37.4 Å². The van der Waals surface area contributed by atoms with Crippen LogP contribution in [0.5, 0.6) is 5.75 Å². The van der Waals surface area contributed by atoms with Crippen LogP contribution < -0.4 is 9.64 Å². The summed E-state index contributed by atoms with van der Waals surface area (Å²) in [6.45, 7) is 2.88. The molecule has 1 fully saturated rings. The summed E-state index contributed by atoms with van der Waals surface area (Å²) >= 11 is 0. The molecule has 0 atom stereocenters. The SMILES string of the molecule is COc1ccc(N2CCN(C(=O)c3cc(-c4ccccc4)nn3-c3ccccc3)CC2)cc1. The Morgan fingerprint density at radius 2 is 1.42 bits per heavy atom. The first-order valence-electron chi connectivity index (χ1n) is 11.1. The quantitative estimate of drug-likeness (QED) is 0.460. The van der Waals surface area contributed by atoms with Crippen molar-refractivity contribution in [1.29, 1.82) is 0 Å². The fraction of sp³-hybridized carbons (Fsp3) is 0.185. The first-order valence-corrected chi connectivity index (χ1v) is 11.1. The molecule has 33 heavy (non-hydrogen) atoms. The highest BCUT2D eigenvalue weighted by molar-refractivity contribution is 5.94. The van der Waals surface area contributed by atoms with Crippen LogP contribution in [-0.4, -0.2) is 53.9 Å². The van der Waals surface area contributed by atoms with Crippen molar-refractivity contribution in [3.05, 3.63) is 96.7 Å². The Labute approximate surface area is 193 Å². The number of aromatic nitrogens is 2. The molecule has 3 aromatic carbocycles. The third-order valence-corrected chi connectivity index (χ3v) is 6.00. The highest BCUT2D eigenvalue weighted by atomic mass is 16.5. The number of amides is 1. The van der Waals surface area contributed by atoms with Crippen molar-refractivity contribution >= 4 is 11.6 Å². The van der Waals surface area contributed by atoms with Crippen molar-refractivity contribution < 1.29 is 9.53 Å². The van der Waals surface area contributed by atoms with E-state index in [1.54, 1.807) is 11.8 Å². The predicted molar refractivity (Wildman–Crippen MR) is 130 cm³/mol. The molecule has 1 aliphatic rings. The molecule has 1 aliphatic heterocycles. The number of rotatable bonds is 5. The molecule has 6 heteroatoms. The summed E-state index contributed by atoms with van der Waals surface area (Å²) in [5.41, 5.74) is 4.38. The number of carbonyl (C=O) groups is 1. The molecule has 6 nitrogen and oxygen atoms in total. The van der Waals surface area contributed by atoms with Crippen molar-refractivity contribution in [2.45, 2.75) is 0 Å². The van der Waals surface area contributed by atoms with Gasteiger partial charge in [0.15, 0.2) is 0 Å². The smallest absolute Gasteiger partial charge is 0.272 e. The van der Waals surface area contributed by atoms with Gasteiger partial charge in [-0.05, 0) is 42.5 Å². The monoisotopic (exact) mass is 438 g/mol. The Bertz CT molecular complexity index is 1210. The van der Waals surface area contributed by atoms with Crippen molar-refractivity contribution in [3.8, 4) is 22.7 Å². The lowest BCUT2D eigenvalue weighted by molar-refractivity contribution is 0.0737. The number of para-hydroxylation sites is 1. The number of hydrogen-bond acceptors (Lipinski definition) is 4. The molecular formula is C27H26N4O2. The lowest BCUT2D eigenvalue weighted by Crippen LogP contribution is -2.49. The molecule has 1 amide bonds. The lowest BCUT2D eigenvalue weighted by atomic mass is 10.1. The molecule has 1 aromatic heterocycles. The van der Waals surface area contributed by atoms with Crippen molar-refractivity contribution in [3.63, 3.8) is 0 Å². The number of methoxy groups -OCH3 is 1. The number of carbonyl (C=O) groups excluding carboxylic acids is 1. The van der Waals surface area contributed by atoms with E-state index in [-0.39, 0.29) is 5.91 Å². The first kappa shape index (κ1) is 20.8. The largest absolute Gasteiger partial charge is 0.497 e. The van der Waals surface area contributed by atoms with E-state index in [4.69, 9.17) is 9.84 Å². The van der Waals surface area contributed by atoms with E-state index in [0.717, 1.165) is 41.5 Å². The third-order valence-electron chi connectivity index (χ3n) is 6.00. The van der Waals surface area contributed by atoms with Gasteiger partial charge in [-0.15, -0.1) is 0 Å². The van der Waals surface area contributed by atoms with Gasteiger partial charge in [-0.25, -0.2) is 4.68 Å². The standard InChI is InChI=1S/C27H26N4O2/c1-33-24-14-12-22(13-15-24)29-16-18-30(19-17-29)27(32)26-20-25(21-8-4-2-5-9-21)28-31(26)23-10-6-3-7-11-23/h2-15,20H,16-19H2,1H3. The maximum Gasteiger partial charge on any atom is 0.272 e. The lowest BCUT2D eigenvalue weighted by Gasteiger charge is -2.36. The number of piperazine rings is 1. The molecule has 5 rings (SSSR count). The van der Waals surface area contributed by atoms with Crippen molar-refractivity contribution in [2.24, 2.45) is 0 Å². The number of ether oxygens (including phenoxy) is 1. The zero-order chi connectivity index (χ0) is 22.6. The Morgan fingerprint density at radius 3 is 2.06 bits per heavy atom. The van der Waals surface area contributed by atoms with E-state index >= 15 is 0 Å². The van der Waals surface area contributed by atoms with Gasteiger partial charge in [0.25, 0.3) is 5.91 Å². The molecule has 0 bridgehead atoms. The molecule has 1 saturated heterocycles. The average Bonchev–Trinajstić information content (AvgIpc) is 3.35. The van der Waals surface area contributed by atoms with Crippen molar-refractivity contribution in [1.82, 2.24) is 14.7 Å². The molecule has 4 aromatic rings. The van der Waals surface area contributed by atoms with Gasteiger partial charge in [-0.3, -0.25) is 4.79 Å². The molecule has 166 valence electrons. The average molecular weight is 439 g/mol. The number of hydrogen-bond donors (Lipinski definition) is 0. The molecule has 0 N–H and O–H groups in total. The van der Waals surface area contributed by atoms with Crippen LogP contribution in [0.25, 0.3) is 16.9 Å². The normalized spacial score (nSPS) is 13.7. The summed E-state index contributed by atoms with van der Waals surface area (Å²) in [6, 6.07) is 29.8. The summed E-state index contributed by atoms with van der Waals surface area (Å²) in [4.78, 5) is 17.8. The molecule has 0 unspecified atom stereocenters. The molecular weight excluding hydrogens is 412 g/mol. The van der Waals surface area contributed by atoms with Gasteiger partial charge in [0.05, 0.1) is 18.5 Å². The minimum atomic E-state index is 0.00270. The first-order chi connectivity index (χ1) is 16.2. The van der Waals surface area contributed by atoms with Gasteiger partial charge in [-0.2, -0.15) is 5.10 Å². The van der Waals surface area contributed by atoms with Crippen LogP contribution in [0.3, 0.4) is 0 Å². The fourth-order valence-corrected chi connectivity index (χ4v) is 4.17. The van der Waals surface area contributed by atoms with E-state index in [9.17, 15) is 4.79 Å². The van der Waals surface area contributed by atoms with Gasteiger partial charge >= 0.3 is 0 Å². The summed E-state index contributed by atoms with van der Waals surface area (Å²) in [5, 5.41) is 4.79. The zero-order valence-electron chi connectivity index (χ0n) is 18.6. The minimum Gasteiger partial charge on any atom is -0.497 e. The van der Waals surface area contributed by atoms with Gasteiger partial charge < -0.3 is 14.5 Å². The number of nitrogens with zero attached hydrogens (tertiary/aromatic N) is 4. The molecule has 0 spiro atoms. The maximum atomic E-state index is 13.6. The molecule has 0 aliphatic carbocycles. The second-order valence-electron chi connectivity index (χ2n) is 8.01. The summed E-state index contributed by atoms with van der Waals surface area (Å²) in [7, 11) is 1.67. The minimum absolute atomic E-state index is 0.00270. The fourth-order valence-electron chi connectivity index (χ4n) is 4.17. The Balaban J connectivity index is 1.38. The van der Waals surface area contributed by atoms with E-state index < -0.39 is 0 Å². The van der Waals surface area contributed by atoms with Crippen molar-refractivity contribution in [2.75, 3.05) is 38.2 Å². The van der Waals surface area contributed by atoms with Crippen LogP contribution in [0.4, 0.5) is 5.69 Å². The molecule has 2 heterocycles. The predicted octanol–water partition coefficient (Wildman–Crippen LogP) is 4.51. The van der Waals surface area contributed by atoms with Gasteiger partial charge in [0.2, 0.25) is 0 Å². The second kappa shape index (κ2) is 9.20. The van der Waals surface area contributed by atoms with E-state index in [1.165, 1.54) is 0 Å². The summed E-state index contributed by atoms with van der Waals surface area (Å²) < 4.78 is 7.02. The molecule has 0 saturated carbocycles. The van der Waals surface area contributed by atoms with Crippen LogP contribution in [0, 0.1) is 0 Å². The highest BCUT2D eigenvalue weighted by Gasteiger charge is 2.26. The number of benzene rings is 3. The maximum absolute atomic E-state index is 13.6. The van der Waals surface area contributed by atoms with Crippen LogP contribution in [0.2, 0.25) is 0 Å². The zero-order valence-corrected chi connectivity index (χ0v) is 18.6. The number of anilines is 1. The van der Waals surface area contributed by atoms with Gasteiger partial charge in [-0.1, -0.05) is 48.5 Å². The highest BCUT2D eigenvalue weighted by Crippen LogP contribution is 2.24. The Kier molecular flexibility index (Phi) is 5.81. The van der Waals surface area contributed by atoms with E-state index in [0.29, 0.717) is 18.8 Å². The van der Waals surface area contributed by atoms with E-state index in [1.807, 2.05) is 83.8 Å². The Morgan fingerprint density at radius 1 is 0.788 bits per heavy atom. The summed E-state index contributed by atoms with van der Waals surface area (Å²) in [5.74, 6) is 0.846. The third kappa shape index (κ3) is 4.32. The van der Waals surface area contributed by atoms with Crippen LogP contribution in [0.15, 0.2) is 91.0 Å². The second-order valence-corrected chi connectivity index (χ2v) is 8.01. The van der Waals surface area contributed by atoms with E-state index in [2.05, 4.69) is 17.0 Å². The van der Waals surface area contributed by atoms with Gasteiger partial charge in [0.1, 0.15) is 11.4 Å². The van der Waals surface area contributed by atoms with Crippen LogP contribution >= 0.6 is 0 Å².